The van der Waals surface area contributed by atoms with Crippen molar-refractivity contribution in [2.75, 3.05) is 0 Å². The van der Waals surface area contributed by atoms with Gasteiger partial charge in [0, 0.05) is 23.7 Å². The fraction of sp³-hybridized carbons (Fsp3) is 0.800. The number of hydrogen-bond donors (Lipinski definition) is 2. The fourth-order valence-electron chi connectivity index (χ4n) is 4.37. The minimum absolute atomic E-state index is 0.0847. The zero-order valence-electron chi connectivity index (χ0n) is 11.5. The number of aliphatic hydroxyl groups is 2. The van der Waals surface area contributed by atoms with Gasteiger partial charge in [0.2, 0.25) is 0 Å². The van der Waals surface area contributed by atoms with E-state index in [1.807, 2.05) is 13.8 Å². The number of hydrogen-bond acceptors (Lipinski definition) is 4. The molecule has 0 spiro atoms. The van der Waals surface area contributed by atoms with Gasteiger partial charge in [-0.2, -0.15) is 0 Å². The SMILES string of the molecule is C=C1[C@@H](O)C[C@H](O)[C@@]2(C)CC[C@H]3[C@@H](OC(=O)[C@@H]3C)[C@H]12. The van der Waals surface area contributed by atoms with Crippen LogP contribution in [0.3, 0.4) is 0 Å². The summed E-state index contributed by atoms with van der Waals surface area (Å²) < 4.78 is 5.56. The molecule has 7 atom stereocenters. The molecule has 1 heterocycles. The standard InChI is InChI=1S/C15H22O4/c1-7-9-4-5-15(3)11(17)6-10(16)8(2)12(15)13(9)19-14(7)18/h7,9-13,16-17H,2,4-6H2,1,3H3/t7-,9-,10+,11+,12+,13-,15-/m1/s1. The molecule has 4 nitrogen and oxygen atoms in total. The number of aliphatic hydroxyl groups excluding tert-OH is 2. The second kappa shape index (κ2) is 4.06. The van der Waals surface area contributed by atoms with Crippen LogP contribution in [0.25, 0.3) is 0 Å². The van der Waals surface area contributed by atoms with Crippen LogP contribution in [0.2, 0.25) is 0 Å². The van der Waals surface area contributed by atoms with E-state index in [1.165, 1.54) is 0 Å². The van der Waals surface area contributed by atoms with Gasteiger partial charge in [-0.05, 0) is 18.4 Å². The van der Waals surface area contributed by atoms with E-state index in [9.17, 15) is 15.0 Å². The first-order chi connectivity index (χ1) is 8.86. The highest BCUT2D eigenvalue weighted by Crippen LogP contribution is 2.57. The molecule has 0 unspecified atom stereocenters. The van der Waals surface area contributed by atoms with E-state index in [1.54, 1.807) is 0 Å². The number of esters is 1. The number of ether oxygens (including phenoxy) is 1. The molecule has 0 bridgehead atoms. The highest BCUT2D eigenvalue weighted by molar-refractivity contribution is 5.75. The Hall–Kier alpha value is -0.870. The quantitative estimate of drug-likeness (QED) is 0.512. The van der Waals surface area contributed by atoms with Crippen LogP contribution in [0.1, 0.15) is 33.1 Å². The van der Waals surface area contributed by atoms with Gasteiger partial charge >= 0.3 is 5.97 Å². The van der Waals surface area contributed by atoms with Gasteiger partial charge in [0.1, 0.15) is 6.10 Å². The van der Waals surface area contributed by atoms with Crippen LogP contribution in [0.4, 0.5) is 0 Å². The van der Waals surface area contributed by atoms with Crippen molar-refractivity contribution in [3.63, 3.8) is 0 Å². The summed E-state index contributed by atoms with van der Waals surface area (Å²) in [7, 11) is 0. The van der Waals surface area contributed by atoms with E-state index in [0.717, 1.165) is 18.4 Å². The molecule has 2 saturated carbocycles. The zero-order chi connectivity index (χ0) is 13.9. The normalized spacial score (nSPS) is 53.5. The Bertz CT molecular complexity index is 432. The van der Waals surface area contributed by atoms with Crippen molar-refractivity contribution in [2.24, 2.45) is 23.2 Å². The Balaban J connectivity index is 2.00. The predicted molar refractivity (Wildman–Crippen MR) is 69.1 cm³/mol. The fourth-order valence-corrected chi connectivity index (χ4v) is 4.37. The number of fused-ring (bicyclic) bond motifs is 3. The highest BCUT2D eigenvalue weighted by Gasteiger charge is 2.60. The van der Waals surface area contributed by atoms with E-state index < -0.39 is 12.2 Å². The second-order valence-corrected chi connectivity index (χ2v) is 6.72. The van der Waals surface area contributed by atoms with E-state index in [0.29, 0.717) is 6.42 Å². The Labute approximate surface area is 113 Å². The molecule has 0 aromatic rings. The molecule has 1 saturated heterocycles. The van der Waals surface area contributed by atoms with Crippen LogP contribution < -0.4 is 0 Å². The van der Waals surface area contributed by atoms with E-state index in [-0.39, 0.29) is 35.2 Å². The van der Waals surface area contributed by atoms with Crippen molar-refractivity contribution >= 4 is 5.97 Å². The summed E-state index contributed by atoms with van der Waals surface area (Å²) in [4.78, 5) is 11.8. The van der Waals surface area contributed by atoms with E-state index in [4.69, 9.17) is 4.74 Å². The van der Waals surface area contributed by atoms with Crippen molar-refractivity contribution in [3.8, 4) is 0 Å². The first kappa shape index (κ1) is 13.1. The van der Waals surface area contributed by atoms with Crippen molar-refractivity contribution in [3.05, 3.63) is 12.2 Å². The second-order valence-electron chi connectivity index (χ2n) is 6.72. The monoisotopic (exact) mass is 266 g/mol. The van der Waals surface area contributed by atoms with Gasteiger partial charge in [-0.25, -0.2) is 0 Å². The lowest BCUT2D eigenvalue weighted by Gasteiger charge is -2.54. The smallest absolute Gasteiger partial charge is 0.309 e. The zero-order valence-corrected chi connectivity index (χ0v) is 11.5. The summed E-state index contributed by atoms with van der Waals surface area (Å²) in [6.07, 6.45) is 0.609. The Morgan fingerprint density at radius 3 is 2.79 bits per heavy atom. The van der Waals surface area contributed by atoms with Crippen molar-refractivity contribution in [2.45, 2.75) is 51.4 Å². The van der Waals surface area contributed by atoms with Crippen molar-refractivity contribution in [1.29, 1.82) is 0 Å². The highest BCUT2D eigenvalue weighted by atomic mass is 16.6. The first-order valence-corrected chi connectivity index (χ1v) is 7.11. The Morgan fingerprint density at radius 2 is 2.11 bits per heavy atom. The van der Waals surface area contributed by atoms with Gasteiger partial charge in [0.15, 0.2) is 0 Å². The van der Waals surface area contributed by atoms with Gasteiger partial charge in [-0.15, -0.1) is 0 Å². The lowest BCUT2D eigenvalue weighted by atomic mass is 9.53. The summed E-state index contributed by atoms with van der Waals surface area (Å²) in [6, 6.07) is 0. The minimum atomic E-state index is -0.693. The topological polar surface area (TPSA) is 66.8 Å². The molecule has 3 rings (SSSR count). The molecule has 106 valence electrons. The van der Waals surface area contributed by atoms with Crippen LogP contribution in [0, 0.1) is 23.2 Å². The summed E-state index contributed by atoms with van der Waals surface area (Å²) in [6.45, 7) is 7.96. The van der Waals surface area contributed by atoms with Crippen LogP contribution >= 0.6 is 0 Å². The maximum Gasteiger partial charge on any atom is 0.309 e. The number of carbonyl (C=O) groups is 1. The molecule has 2 aliphatic carbocycles. The van der Waals surface area contributed by atoms with Gasteiger partial charge < -0.3 is 14.9 Å². The largest absolute Gasteiger partial charge is 0.461 e. The first-order valence-electron chi connectivity index (χ1n) is 7.11. The van der Waals surface area contributed by atoms with Gasteiger partial charge in [0.25, 0.3) is 0 Å². The summed E-state index contributed by atoms with van der Waals surface area (Å²) in [5, 5.41) is 20.4. The molecule has 1 aliphatic heterocycles. The van der Waals surface area contributed by atoms with Crippen LogP contribution in [0.15, 0.2) is 12.2 Å². The average molecular weight is 266 g/mol. The maximum absolute atomic E-state index is 11.8. The molecule has 3 aliphatic rings. The number of carbonyl (C=O) groups excluding carboxylic acids is 1. The van der Waals surface area contributed by atoms with Crippen LogP contribution in [-0.2, 0) is 9.53 Å². The molecular formula is C15H22O4. The van der Waals surface area contributed by atoms with Crippen LogP contribution in [0.5, 0.6) is 0 Å². The van der Waals surface area contributed by atoms with Crippen molar-refractivity contribution < 1.29 is 19.7 Å². The average Bonchev–Trinajstić information content (AvgIpc) is 2.63. The predicted octanol–water partition coefficient (Wildman–Crippen LogP) is 1.26. The Kier molecular flexibility index (Phi) is 2.81. The summed E-state index contributed by atoms with van der Waals surface area (Å²) >= 11 is 0. The van der Waals surface area contributed by atoms with Gasteiger partial charge in [-0.3, -0.25) is 4.79 Å². The van der Waals surface area contributed by atoms with E-state index >= 15 is 0 Å². The summed E-state index contributed by atoms with van der Waals surface area (Å²) in [5.41, 5.74) is 0.395. The molecule has 19 heavy (non-hydrogen) atoms. The third-order valence-electron chi connectivity index (χ3n) is 5.78. The van der Waals surface area contributed by atoms with Crippen molar-refractivity contribution in [1.82, 2.24) is 0 Å². The molecule has 0 aromatic heterocycles. The number of rotatable bonds is 0. The van der Waals surface area contributed by atoms with Crippen LogP contribution in [-0.4, -0.2) is 34.5 Å². The lowest BCUT2D eigenvalue weighted by Crippen LogP contribution is -2.56. The van der Waals surface area contributed by atoms with Gasteiger partial charge in [-0.1, -0.05) is 20.4 Å². The molecule has 4 heteroatoms. The molecule has 0 amide bonds. The molecular weight excluding hydrogens is 244 g/mol. The minimum Gasteiger partial charge on any atom is -0.461 e. The lowest BCUT2D eigenvalue weighted by molar-refractivity contribution is -0.155. The van der Waals surface area contributed by atoms with E-state index in [2.05, 4.69) is 6.58 Å². The van der Waals surface area contributed by atoms with Gasteiger partial charge in [0.05, 0.1) is 18.1 Å². The Morgan fingerprint density at radius 1 is 1.42 bits per heavy atom. The molecule has 0 radical (unpaired) electrons. The molecule has 2 N–H and O–H groups in total. The molecule has 0 aromatic carbocycles. The maximum atomic E-state index is 11.8. The molecule has 3 fully saturated rings. The third kappa shape index (κ3) is 1.62. The third-order valence-corrected chi connectivity index (χ3v) is 5.78. The summed E-state index contributed by atoms with van der Waals surface area (Å²) in [5.74, 6) is -0.168.